The number of hydrogen-bond acceptors (Lipinski definition) is 5. The zero-order chi connectivity index (χ0) is 13.0. The number of tetrazole rings is 1. The molecule has 0 aliphatic heterocycles. The van der Waals surface area contributed by atoms with Gasteiger partial charge in [0.05, 0.1) is 0 Å². The number of halogens is 1. The topological polar surface area (TPSA) is 78.8 Å². The molecule has 0 radical (unpaired) electrons. The van der Waals surface area contributed by atoms with Crippen LogP contribution in [-0.4, -0.2) is 33.9 Å². The van der Waals surface area contributed by atoms with Gasteiger partial charge in [0, 0.05) is 31.5 Å². The van der Waals surface area contributed by atoms with E-state index in [0.717, 1.165) is 6.42 Å². The van der Waals surface area contributed by atoms with E-state index in [1.165, 1.54) is 18.2 Å². The highest BCUT2D eigenvalue weighted by molar-refractivity contribution is 5.71. The fraction of sp³-hybridized carbons (Fsp3) is 0.364. The Morgan fingerprint density at radius 2 is 2.28 bits per heavy atom. The van der Waals surface area contributed by atoms with Gasteiger partial charge < -0.3 is 10.5 Å². The highest BCUT2D eigenvalue weighted by Gasteiger charge is 2.12. The Morgan fingerprint density at radius 1 is 1.44 bits per heavy atom. The second kappa shape index (κ2) is 5.54. The van der Waals surface area contributed by atoms with Gasteiger partial charge in [-0.2, -0.15) is 0 Å². The summed E-state index contributed by atoms with van der Waals surface area (Å²) in [5, 5.41) is 11.3. The number of aromatic nitrogens is 4. The van der Waals surface area contributed by atoms with Crippen molar-refractivity contribution in [2.75, 3.05) is 19.5 Å². The number of nitrogens with two attached hydrogens (primary N) is 1. The van der Waals surface area contributed by atoms with Crippen LogP contribution in [-0.2, 0) is 11.3 Å². The first-order valence-electron chi connectivity index (χ1n) is 5.53. The Balaban J connectivity index is 2.27. The first-order valence-corrected chi connectivity index (χ1v) is 5.53. The van der Waals surface area contributed by atoms with Crippen molar-refractivity contribution in [1.82, 2.24) is 20.2 Å². The lowest BCUT2D eigenvalue weighted by Crippen LogP contribution is -2.06. The van der Waals surface area contributed by atoms with Crippen LogP contribution in [0.3, 0.4) is 0 Å². The van der Waals surface area contributed by atoms with Gasteiger partial charge in [-0.25, -0.2) is 9.07 Å². The molecule has 18 heavy (non-hydrogen) atoms. The summed E-state index contributed by atoms with van der Waals surface area (Å²) < 4.78 is 19.8. The molecule has 0 atom stereocenters. The van der Waals surface area contributed by atoms with Crippen LogP contribution in [0.2, 0.25) is 0 Å². The Kier molecular flexibility index (Phi) is 3.83. The molecule has 2 aromatic rings. The second-order valence-electron chi connectivity index (χ2n) is 3.80. The maximum Gasteiger partial charge on any atom is 0.184 e. The SMILES string of the molecule is COCCCn1nnnc1-c1cc(F)ccc1N. The first kappa shape index (κ1) is 12.4. The Morgan fingerprint density at radius 3 is 3.06 bits per heavy atom. The van der Waals surface area contributed by atoms with E-state index in [-0.39, 0.29) is 5.82 Å². The summed E-state index contributed by atoms with van der Waals surface area (Å²) in [4.78, 5) is 0. The monoisotopic (exact) mass is 251 g/mol. The largest absolute Gasteiger partial charge is 0.398 e. The highest BCUT2D eigenvalue weighted by Crippen LogP contribution is 2.24. The van der Waals surface area contributed by atoms with Crippen LogP contribution < -0.4 is 5.73 Å². The molecule has 6 nitrogen and oxygen atoms in total. The normalized spacial score (nSPS) is 10.8. The maximum absolute atomic E-state index is 13.2. The summed E-state index contributed by atoms with van der Waals surface area (Å²) in [6.45, 7) is 1.20. The fourth-order valence-corrected chi connectivity index (χ4v) is 1.63. The minimum absolute atomic E-state index is 0.370. The zero-order valence-electron chi connectivity index (χ0n) is 10.0. The van der Waals surface area contributed by atoms with E-state index < -0.39 is 0 Å². The number of benzene rings is 1. The van der Waals surface area contributed by atoms with Crippen LogP contribution in [0.15, 0.2) is 18.2 Å². The minimum atomic E-state index is -0.370. The quantitative estimate of drug-likeness (QED) is 0.636. The number of aryl methyl sites for hydroxylation is 1. The molecule has 0 aliphatic rings. The molecule has 0 unspecified atom stereocenters. The van der Waals surface area contributed by atoms with Gasteiger partial charge in [-0.05, 0) is 35.0 Å². The molecule has 0 bridgehead atoms. The van der Waals surface area contributed by atoms with Crippen LogP contribution in [0.1, 0.15) is 6.42 Å². The zero-order valence-corrected chi connectivity index (χ0v) is 10.0. The fourth-order valence-electron chi connectivity index (χ4n) is 1.63. The lowest BCUT2D eigenvalue weighted by atomic mass is 10.1. The second-order valence-corrected chi connectivity index (χ2v) is 3.80. The first-order chi connectivity index (χ1) is 8.72. The predicted octanol–water partition coefficient (Wildman–Crippen LogP) is 1.10. The van der Waals surface area contributed by atoms with Crippen molar-refractivity contribution in [2.24, 2.45) is 0 Å². The van der Waals surface area contributed by atoms with Gasteiger partial charge in [-0.15, -0.1) is 5.10 Å². The molecule has 0 amide bonds. The number of rotatable bonds is 5. The van der Waals surface area contributed by atoms with Crippen molar-refractivity contribution in [2.45, 2.75) is 13.0 Å². The van der Waals surface area contributed by atoms with E-state index in [2.05, 4.69) is 15.5 Å². The molecule has 1 heterocycles. The van der Waals surface area contributed by atoms with E-state index in [1.54, 1.807) is 11.8 Å². The van der Waals surface area contributed by atoms with Crippen LogP contribution >= 0.6 is 0 Å². The average molecular weight is 251 g/mol. The Hall–Kier alpha value is -2.02. The molecule has 0 spiro atoms. The smallest absolute Gasteiger partial charge is 0.184 e. The van der Waals surface area contributed by atoms with Crippen LogP contribution in [0.4, 0.5) is 10.1 Å². The summed E-state index contributed by atoms with van der Waals surface area (Å²) in [5.74, 6) is 0.0914. The predicted molar refractivity (Wildman–Crippen MR) is 64.1 cm³/mol. The summed E-state index contributed by atoms with van der Waals surface area (Å²) in [6, 6.07) is 4.13. The number of methoxy groups -OCH3 is 1. The molecule has 96 valence electrons. The number of nitrogen functional groups attached to an aromatic ring is 1. The van der Waals surface area contributed by atoms with E-state index in [9.17, 15) is 4.39 Å². The summed E-state index contributed by atoms with van der Waals surface area (Å²) in [5.41, 5.74) is 6.75. The van der Waals surface area contributed by atoms with E-state index >= 15 is 0 Å². The molecular weight excluding hydrogens is 237 g/mol. The molecule has 1 aromatic heterocycles. The lowest BCUT2D eigenvalue weighted by molar-refractivity contribution is 0.189. The maximum atomic E-state index is 13.2. The Bertz CT molecular complexity index is 528. The van der Waals surface area contributed by atoms with Gasteiger partial charge in [-0.3, -0.25) is 0 Å². The molecule has 2 rings (SSSR count). The molecule has 7 heteroatoms. The van der Waals surface area contributed by atoms with E-state index in [0.29, 0.717) is 30.2 Å². The van der Waals surface area contributed by atoms with Gasteiger partial charge in [0.25, 0.3) is 0 Å². The van der Waals surface area contributed by atoms with Crippen molar-refractivity contribution >= 4 is 5.69 Å². The van der Waals surface area contributed by atoms with Crippen LogP contribution in [0.5, 0.6) is 0 Å². The van der Waals surface area contributed by atoms with Crippen LogP contribution in [0.25, 0.3) is 11.4 Å². The highest BCUT2D eigenvalue weighted by atomic mass is 19.1. The number of nitrogens with zero attached hydrogens (tertiary/aromatic N) is 4. The van der Waals surface area contributed by atoms with Gasteiger partial charge in [-0.1, -0.05) is 0 Å². The standard InChI is InChI=1S/C11H14FN5O/c1-18-6-2-5-17-11(14-15-16-17)9-7-8(12)3-4-10(9)13/h3-4,7H,2,5-6,13H2,1H3. The van der Waals surface area contributed by atoms with Crippen molar-refractivity contribution in [3.63, 3.8) is 0 Å². The molecular formula is C11H14FN5O. The average Bonchev–Trinajstić information content (AvgIpc) is 2.81. The van der Waals surface area contributed by atoms with Gasteiger partial charge in [0.15, 0.2) is 5.82 Å². The van der Waals surface area contributed by atoms with Gasteiger partial charge in [0.1, 0.15) is 5.82 Å². The lowest BCUT2D eigenvalue weighted by Gasteiger charge is -2.06. The molecule has 0 aliphatic carbocycles. The number of anilines is 1. The third-order valence-corrected chi connectivity index (χ3v) is 2.51. The van der Waals surface area contributed by atoms with Crippen LogP contribution in [0, 0.1) is 5.82 Å². The number of hydrogen-bond donors (Lipinski definition) is 1. The van der Waals surface area contributed by atoms with Crippen molar-refractivity contribution < 1.29 is 9.13 Å². The van der Waals surface area contributed by atoms with Crippen molar-refractivity contribution in [3.05, 3.63) is 24.0 Å². The minimum Gasteiger partial charge on any atom is -0.398 e. The molecule has 1 aromatic carbocycles. The molecule has 0 saturated heterocycles. The Labute approximate surface area is 104 Å². The van der Waals surface area contributed by atoms with Gasteiger partial charge in [0.2, 0.25) is 0 Å². The van der Waals surface area contributed by atoms with E-state index in [1.807, 2.05) is 0 Å². The molecule has 0 saturated carbocycles. The van der Waals surface area contributed by atoms with Crippen molar-refractivity contribution in [3.8, 4) is 11.4 Å². The summed E-state index contributed by atoms with van der Waals surface area (Å²) in [6.07, 6.45) is 0.768. The van der Waals surface area contributed by atoms with Gasteiger partial charge >= 0.3 is 0 Å². The number of ether oxygens (including phenoxy) is 1. The summed E-state index contributed by atoms with van der Waals surface area (Å²) in [7, 11) is 1.63. The third kappa shape index (κ3) is 2.62. The summed E-state index contributed by atoms with van der Waals surface area (Å²) >= 11 is 0. The van der Waals surface area contributed by atoms with Crippen molar-refractivity contribution in [1.29, 1.82) is 0 Å². The molecule has 2 N–H and O–H groups in total. The molecule has 0 fully saturated rings. The third-order valence-electron chi connectivity index (χ3n) is 2.51. The van der Waals surface area contributed by atoms with E-state index in [4.69, 9.17) is 10.5 Å².